The summed E-state index contributed by atoms with van der Waals surface area (Å²) in [5.41, 5.74) is 3.90. The normalized spacial score (nSPS) is 15.6. The summed E-state index contributed by atoms with van der Waals surface area (Å²) in [6.45, 7) is 0.348. The van der Waals surface area contributed by atoms with Gasteiger partial charge in [-0.05, 0) is 47.9 Å². The van der Waals surface area contributed by atoms with Crippen LogP contribution in [0.5, 0.6) is 11.5 Å². The molecule has 8 heteroatoms. The predicted octanol–water partition coefficient (Wildman–Crippen LogP) is 3.88. The first-order valence-electron chi connectivity index (χ1n) is 9.20. The van der Waals surface area contributed by atoms with E-state index in [1.165, 1.54) is 11.3 Å². The smallest absolute Gasteiger partial charge is 0.233 e. The van der Waals surface area contributed by atoms with Crippen LogP contribution in [0.3, 0.4) is 0 Å². The molecular formula is C21H18N4O3S. The van der Waals surface area contributed by atoms with Crippen LogP contribution in [-0.2, 0) is 11.2 Å². The Labute approximate surface area is 170 Å². The molecule has 4 aromatic rings. The molecule has 1 unspecified atom stereocenters. The van der Waals surface area contributed by atoms with Gasteiger partial charge in [0.25, 0.3) is 0 Å². The van der Waals surface area contributed by atoms with E-state index < -0.39 is 0 Å². The Morgan fingerprint density at radius 1 is 1.28 bits per heavy atom. The lowest BCUT2D eigenvalue weighted by atomic mass is 9.96. The van der Waals surface area contributed by atoms with Crippen LogP contribution in [0.15, 0.2) is 48.8 Å². The first-order chi connectivity index (χ1) is 14.2. The third kappa shape index (κ3) is 3.42. The minimum Gasteiger partial charge on any atom is -0.497 e. The Morgan fingerprint density at radius 2 is 2.21 bits per heavy atom. The summed E-state index contributed by atoms with van der Waals surface area (Å²) in [7, 11) is 1.63. The lowest BCUT2D eigenvalue weighted by molar-refractivity contribution is -0.121. The topological polar surface area (TPSA) is 89.1 Å². The van der Waals surface area contributed by atoms with Crippen molar-refractivity contribution in [2.24, 2.45) is 5.92 Å². The van der Waals surface area contributed by atoms with Crippen LogP contribution in [0.4, 0.5) is 5.13 Å². The Kier molecular flexibility index (Phi) is 4.40. The van der Waals surface area contributed by atoms with Crippen LogP contribution < -0.4 is 14.8 Å². The number of H-pyrrole nitrogens is 1. The van der Waals surface area contributed by atoms with Crippen LogP contribution in [0.25, 0.3) is 21.3 Å². The molecule has 0 bridgehead atoms. The van der Waals surface area contributed by atoms with E-state index in [2.05, 4.69) is 26.6 Å². The highest BCUT2D eigenvalue weighted by Gasteiger charge is 2.27. The molecule has 0 spiro atoms. The molecule has 5 rings (SSSR count). The van der Waals surface area contributed by atoms with E-state index in [1.807, 2.05) is 36.5 Å². The van der Waals surface area contributed by atoms with Crippen LogP contribution in [0.2, 0.25) is 0 Å². The zero-order chi connectivity index (χ0) is 19.8. The number of anilines is 1. The summed E-state index contributed by atoms with van der Waals surface area (Å²) >= 11 is 1.46. The summed E-state index contributed by atoms with van der Waals surface area (Å²) < 4.78 is 12.0. The summed E-state index contributed by atoms with van der Waals surface area (Å²) in [5.74, 6) is 1.20. The molecule has 2 aromatic heterocycles. The third-order valence-electron chi connectivity index (χ3n) is 4.99. The van der Waals surface area contributed by atoms with Gasteiger partial charge in [0.1, 0.15) is 18.1 Å². The Hall–Kier alpha value is -3.39. The summed E-state index contributed by atoms with van der Waals surface area (Å²) in [6.07, 6.45) is 4.23. The Balaban J connectivity index is 1.33. The zero-order valence-corrected chi connectivity index (χ0v) is 16.5. The molecule has 146 valence electrons. The van der Waals surface area contributed by atoms with Gasteiger partial charge < -0.3 is 14.8 Å². The fourth-order valence-corrected chi connectivity index (χ4v) is 4.35. The van der Waals surface area contributed by atoms with Gasteiger partial charge in [0.15, 0.2) is 5.13 Å². The van der Waals surface area contributed by atoms with Crippen molar-refractivity contribution in [3.63, 3.8) is 0 Å². The number of thiazole rings is 1. The van der Waals surface area contributed by atoms with E-state index >= 15 is 0 Å². The fourth-order valence-electron chi connectivity index (χ4n) is 3.44. The first-order valence-corrected chi connectivity index (χ1v) is 10.0. The fraction of sp³-hybridized carbons (Fsp3) is 0.190. The van der Waals surface area contributed by atoms with E-state index in [9.17, 15) is 4.79 Å². The number of nitrogens with zero attached hydrogens (tertiary/aromatic N) is 2. The lowest BCUT2D eigenvalue weighted by Crippen LogP contribution is -2.32. The number of aromatic amines is 1. The van der Waals surface area contributed by atoms with Gasteiger partial charge >= 0.3 is 0 Å². The highest BCUT2D eigenvalue weighted by Crippen LogP contribution is 2.33. The maximum Gasteiger partial charge on any atom is 0.233 e. The van der Waals surface area contributed by atoms with Crippen molar-refractivity contribution in [3.05, 3.63) is 54.4 Å². The van der Waals surface area contributed by atoms with Crippen molar-refractivity contribution in [1.82, 2.24) is 15.2 Å². The number of benzene rings is 2. The first kappa shape index (κ1) is 17.7. The quantitative estimate of drug-likeness (QED) is 0.537. The molecule has 1 aliphatic rings. The summed E-state index contributed by atoms with van der Waals surface area (Å²) in [6, 6.07) is 11.7. The van der Waals surface area contributed by atoms with Gasteiger partial charge in [-0.15, -0.1) is 0 Å². The van der Waals surface area contributed by atoms with Crippen molar-refractivity contribution in [1.29, 1.82) is 0 Å². The van der Waals surface area contributed by atoms with E-state index in [4.69, 9.17) is 9.47 Å². The molecule has 29 heavy (non-hydrogen) atoms. The number of carbonyl (C=O) groups excluding carboxylic acids is 1. The van der Waals surface area contributed by atoms with Crippen molar-refractivity contribution in [2.45, 2.75) is 6.42 Å². The van der Waals surface area contributed by atoms with Crippen LogP contribution in [0.1, 0.15) is 5.56 Å². The number of hydrogen-bond donors (Lipinski definition) is 2. The van der Waals surface area contributed by atoms with Crippen LogP contribution in [0, 0.1) is 5.92 Å². The van der Waals surface area contributed by atoms with Gasteiger partial charge in [-0.3, -0.25) is 9.89 Å². The predicted molar refractivity (Wildman–Crippen MR) is 112 cm³/mol. The number of fused-ring (bicyclic) bond motifs is 2. The molecule has 0 aliphatic carbocycles. The van der Waals surface area contributed by atoms with Gasteiger partial charge in [0.05, 0.1) is 29.4 Å². The highest BCUT2D eigenvalue weighted by molar-refractivity contribution is 7.22. The molecule has 1 atom stereocenters. The van der Waals surface area contributed by atoms with Gasteiger partial charge in [-0.1, -0.05) is 17.4 Å². The van der Waals surface area contributed by atoms with Gasteiger partial charge in [-0.2, -0.15) is 5.10 Å². The minimum absolute atomic E-state index is 0.0902. The number of nitrogens with one attached hydrogen (secondary N) is 2. The maximum absolute atomic E-state index is 12.8. The van der Waals surface area contributed by atoms with Crippen molar-refractivity contribution >= 4 is 32.6 Å². The number of rotatable bonds is 4. The van der Waals surface area contributed by atoms with E-state index in [-0.39, 0.29) is 11.8 Å². The molecule has 0 radical (unpaired) electrons. The average molecular weight is 406 g/mol. The average Bonchev–Trinajstić information content (AvgIpc) is 3.41. The molecule has 3 heterocycles. The Bertz CT molecular complexity index is 1190. The standard InChI is InChI=1S/C21H18N4O3S/c1-27-16-3-5-18-13(7-16)6-14(11-28-18)20(26)25-21-24-17-4-2-12(8-19(17)29-21)15-9-22-23-10-15/h2-5,7-10,14H,6,11H2,1H3,(H,22,23)(H,24,25,26). The molecule has 1 amide bonds. The molecular weight excluding hydrogens is 388 g/mol. The Morgan fingerprint density at radius 3 is 3.03 bits per heavy atom. The number of aromatic nitrogens is 3. The molecule has 2 N–H and O–H groups in total. The second-order valence-electron chi connectivity index (χ2n) is 6.86. The summed E-state index contributed by atoms with van der Waals surface area (Å²) in [5, 5.41) is 10.3. The van der Waals surface area contributed by atoms with E-state index in [1.54, 1.807) is 13.3 Å². The number of amides is 1. The molecule has 0 saturated heterocycles. The second-order valence-corrected chi connectivity index (χ2v) is 7.89. The largest absolute Gasteiger partial charge is 0.497 e. The van der Waals surface area contributed by atoms with Crippen LogP contribution in [-0.4, -0.2) is 34.8 Å². The molecule has 0 saturated carbocycles. The minimum atomic E-state index is -0.275. The molecule has 7 nitrogen and oxygen atoms in total. The molecule has 1 aliphatic heterocycles. The lowest BCUT2D eigenvalue weighted by Gasteiger charge is -2.24. The molecule has 2 aromatic carbocycles. The van der Waals surface area contributed by atoms with E-state index in [0.29, 0.717) is 18.2 Å². The maximum atomic E-state index is 12.8. The third-order valence-corrected chi connectivity index (χ3v) is 5.93. The molecule has 0 fully saturated rings. The zero-order valence-electron chi connectivity index (χ0n) is 15.6. The number of ether oxygens (including phenoxy) is 2. The van der Waals surface area contributed by atoms with Crippen LogP contribution >= 0.6 is 11.3 Å². The number of methoxy groups -OCH3 is 1. The van der Waals surface area contributed by atoms with Gasteiger partial charge in [0.2, 0.25) is 5.91 Å². The van der Waals surface area contributed by atoms with Crippen molar-refractivity contribution < 1.29 is 14.3 Å². The van der Waals surface area contributed by atoms with Crippen molar-refractivity contribution in [2.75, 3.05) is 19.0 Å². The summed E-state index contributed by atoms with van der Waals surface area (Å²) in [4.78, 5) is 17.3. The highest BCUT2D eigenvalue weighted by atomic mass is 32.1. The van der Waals surface area contributed by atoms with E-state index in [0.717, 1.165) is 38.4 Å². The van der Waals surface area contributed by atoms with Gasteiger partial charge in [-0.25, -0.2) is 4.98 Å². The van der Waals surface area contributed by atoms with Gasteiger partial charge in [0, 0.05) is 11.8 Å². The second kappa shape index (κ2) is 7.21. The van der Waals surface area contributed by atoms with Crippen molar-refractivity contribution in [3.8, 4) is 22.6 Å². The monoisotopic (exact) mass is 406 g/mol. The number of carbonyl (C=O) groups is 1. The number of hydrogen-bond acceptors (Lipinski definition) is 6. The SMILES string of the molecule is COc1ccc2c(c1)CC(C(=O)Nc1nc3ccc(-c4cn[nH]c4)cc3s1)CO2.